The van der Waals surface area contributed by atoms with Crippen molar-refractivity contribution < 1.29 is 4.79 Å². The van der Waals surface area contributed by atoms with Crippen LogP contribution in [0.4, 0.5) is 0 Å². The zero-order chi connectivity index (χ0) is 13.7. The van der Waals surface area contributed by atoms with Gasteiger partial charge >= 0.3 is 0 Å². The number of aromatic amines is 1. The first-order valence-corrected chi connectivity index (χ1v) is 7.02. The van der Waals surface area contributed by atoms with E-state index in [0.717, 1.165) is 10.7 Å². The van der Waals surface area contributed by atoms with E-state index in [4.69, 9.17) is 0 Å². The second-order valence-corrected chi connectivity index (χ2v) is 5.33. The van der Waals surface area contributed by atoms with E-state index < -0.39 is 0 Å². The van der Waals surface area contributed by atoms with Gasteiger partial charge in [-0.2, -0.15) is 5.10 Å². The van der Waals surface area contributed by atoms with Crippen molar-refractivity contribution in [2.24, 2.45) is 0 Å². The highest BCUT2D eigenvalue weighted by Crippen LogP contribution is 2.21. The number of amides is 1. The summed E-state index contributed by atoms with van der Waals surface area (Å²) in [7, 11) is 0. The van der Waals surface area contributed by atoms with Gasteiger partial charge in [-0.15, -0.1) is 0 Å². The Morgan fingerprint density at radius 1 is 1.42 bits per heavy atom. The second kappa shape index (κ2) is 6.38. The number of carbonyl (C=O) groups excluding carboxylic acids is 1. The van der Waals surface area contributed by atoms with Crippen molar-refractivity contribution in [3.63, 3.8) is 0 Å². The zero-order valence-corrected chi connectivity index (χ0v) is 11.7. The highest BCUT2D eigenvalue weighted by Gasteiger charge is 2.12. The maximum absolute atomic E-state index is 12.1. The molecular weight excluding hydrogens is 260 g/mol. The molecule has 1 aromatic heterocycles. The molecule has 5 nitrogen and oxygen atoms in total. The number of aromatic nitrogens is 3. The highest BCUT2D eigenvalue weighted by molar-refractivity contribution is 7.98. The van der Waals surface area contributed by atoms with Gasteiger partial charge in [0.15, 0.2) is 5.16 Å². The molecule has 0 saturated carbocycles. The number of benzene rings is 1. The third-order valence-electron chi connectivity index (χ3n) is 2.44. The van der Waals surface area contributed by atoms with Crippen LogP contribution in [0, 0.1) is 0 Å². The fraction of sp³-hybridized carbons (Fsp3) is 0.308. The zero-order valence-electron chi connectivity index (χ0n) is 10.9. The van der Waals surface area contributed by atoms with Crippen LogP contribution in [0.1, 0.15) is 29.8 Å². The quantitative estimate of drug-likeness (QED) is 0.822. The van der Waals surface area contributed by atoms with Crippen molar-refractivity contribution in [2.75, 3.05) is 0 Å². The number of thioether (sulfide) groups is 1. The van der Waals surface area contributed by atoms with Crippen LogP contribution >= 0.6 is 11.8 Å². The summed E-state index contributed by atoms with van der Waals surface area (Å²) in [5.41, 5.74) is 1.70. The van der Waals surface area contributed by atoms with Crippen LogP contribution in [-0.4, -0.2) is 27.1 Å². The molecule has 0 radical (unpaired) electrons. The summed E-state index contributed by atoms with van der Waals surface area (Å²) in [6.45, 7) is 3.90. The summed E-state index contributed by atoms with van der Waals surface area (Å²) in [4.78, 5) is 16.1. The van der Waals surface area contributed by atoms with Crippen molar-refractivity contribution in [2.45, 2.75) is 30.8 Å². The number of hydrogen-bond donors (Lipinski definition) is 2. The van der Waals surface area contributed by atoms with Gasteiger partial charge in [0.05, 0.1) is 0 Å². The molecule has 0 fully saturated rings. The predicted octanol–water partition coefficient (Wildman–Crippen LogP) is 2.24. The average molecular weight is 276 g/mol. The smallest absolute Gasteiger partial charge is 0.251 e. The number of carbonyl (C=O) groups is 1. The van der Waals surface area contributed by atoms with E-state index in [0.29, 0.717) is 11.3 Å². The molecule has 100 valence electrons. The minimum Gasteiger partial charge on any atom is -0.350 e. The lowest BCUT2D eigenvalue weighted by Gasteiger charge is -2.11. The summed E-state index contributed by atoms with van der Waals surface area (Å²) in [6, 6.07) is 7.73. The maximum Gasteiger partial charge on any atom is 0.251 e. The number of hydrogen-bond acceptors (Lipinski definition) is 4. The van der Waals surface area contributed by atoms with Gasteiger partial charge < -0.3 is 5.32 Å². The van der Waals surface area contributed by atoms with Crippen LogP contribution < -0.4 is 5.32 Å². The number of H-pyrrole nitrogens is 1. The van der Waals surface area contributed by atoms with E-state index in [-0.39, 0.29) is 11.9 Å². The monoisotopic (exact) mass is 276 g/mol. The molecule has 0 saturated heterocycles. The van der Waals surface area contributed by atoms with Crippen LogP contribution in [-0.2, 0) is 5.75 Å². The van der Waals surface area contributed by atoms with E-state index in [1.54, 1.807) is 0 Å². The molecule has 0 aliphatic carbocycles. The third-order valence-corrected chi connectivity index (χ3v) is 3.36. The van der Waals surface area contributed by atoms with Gasteiger partial charge in [-0.1, -0.05) is 30.0 Å². The Hall–Kier alpha value is -1.82. The minimum absolute atomic E-state index is 0.0382. The van der Waals surface area contributed by atoms with Gasteiger partial charge in [-0.05, 0) is 25.5 Å². The molecule has 0 spiro atoms. The van der Waals surface area contributed by atoms with Crippen LogP contribution in [0.3, 0.4) is 0 Å². The van der Waals surface area contributed by atoms with Crippen molar-refractivity contribution in [3.05, 3.63) is 41.7 Å². The fourth-order valence-electron chi connectivity index (χ4n) is 1.62. The number of nitrogens with zero attached hydrogens (tertiary/aromatic N) is 2. The molecule has 1 aromatic carbocycles. The largest absolute Gasteiger partial charge is 0.350 e. The SMILES string of the molecule is CC(C)NC(=O)c1ccccc1CSc1ncn[nH]1. The van der Waals surface area contributed by atoms with E-state index in [1.165, 1.54) is 18.1 Å². The minimum atomic E-state index is -0.0382. The van der Waals surface area contributed by atoms with Crippen LogP contribution in [0.2, 0.25) is 0 Å². The van der Waals surface area contributed by atoms with Crippen molar-refractivity contribution in [1.82, 2.24) is 20.5 Å². The van der Waals surface area contributed by atoms with Gasteiger partial charge in [-0.3, -0.25) is 9.89 Å². The lowest BCUT2D eigenvalue weighted by molar-refractivity contribution is 0.0942. The topological polar surface area (TPSA) is 70.7 Å². The Morgan fingerprint density at radius 3 is 2.89 bits per heavy atom. The van der Waals surface area contributed by atoms with Crippen molar-refractivity contribution in [1.29, 1.82) is 0 Å². The van der Waals surface area contributed by atoms with E-state index >= 15 is 0 Å². The molecule has 19 heavy (non-hydrogen) atoms. The van der Waals surface area contributed by atoms with Crippen molar-refractivity contribution in [3.8, 4) is 0 Å². The molecule has 1 heterocycles. The molecule has 2 aromatic rings. The highest BCUT2D eigenvalue weighted by atomic mass is 32.2. The average Bonchev–Trinajstić information content (AvgIpc) is 2.89. The molecule has 0 aliphatic heterocycles. The predicted molar refractivity (Wildman–Crippen MR) is 75.0 cm³/mol. The first kappa shape index (κ1) is 13.6. The van der Waals surface area contributed by atoms with Crippen LogP contribution in [0.25, 0.3) is 0 Å². The van der Waals surface area contributed by atoms with Crippen LogP contribution in [0.5, 0.6) is 0 Å². The van der Waals surface area contributed by atoms with Gasteiger partial charge in [0.1, 0.15) is 6.33 Å². The Kier molecular flexibility index (Phi) is 4.57. The van der Waals surface area contributed by atoms with Crippen LogP contribution in [0.15, 0.2) is 35.7 Å². The lowest BCUT2D eigenvalue weighted by atomic mass is 10.1. The lowest BCUT2D eigenvalue weighted by Crippen LogP contribution is -2.30. The molecular formula is C13H16N4OS. The number of nitrogens with one attached hydrogen (secondary N) is 2. The first-order chi connectivity index (χ1) is 9.16. The van der Waals surface area contributed by atoms with Gasteiger partial charge in [-0.25, -0.2) is 4.98 Å². The van der Waals surface area contributed by atoms with Crippen molar-refractivity contribution >= 4 is 17.7 Å². The van der Waals surface area contributed by atoms with E-state index in [2.05, 4.69) is 20.5 Å². The molecule has 0 aliphatic rings. The van der Waals surface area contributed by atoms with E-state index in [1.807, 2.05) is 38.1 Å². The first-order valence-electron chi connectivity index (χ1n) is 6.03. The summed E-state index contributed by atoms with van der Waals surface area (Å²) in [5, 5.41) is 10.2. The molecule has 1 amide bonds. The molecule has 0 unspecified atom stereocenters. The summed E-state index contributed by atoms with van der Waals surface area (Å²) in [6.07, 6.45) is 1.47. The summed E-state index contributed by atoms with van der Waals surface area (Å²) >= 11 is 1.52. The Labute approximate surface area is 116 Å². The number of rotatable bonds is 5. The Morgan fingerprint density at radius 2 is 2.21 bits per heavy atom. The molecule has 2 N–H and O–H groups in total. The van der Waals surface area contributed by atoms with Gasteiger partial charge in [0.25, 0.3) is 5.91 Å². The summed E-state index contributed by atoms with van der Waals surface area (Å²) in [5.74, 6) is 0.639. The fourth-order valence-corrected chi connectivity index (χ4v) is 2.40. The maximum atomic E-state index is 12.1. The molecule has 0 atom stereocenters. The molecule has 6 heteroatoms. The third kappa shape index (κ3) is 3.82. The normalized spacial score (nSPS) is 10.7. The Balaban J connectivity index is 2.09. The Bertz CT molecular complexity index is 539. The standard InChI is InChI=1S/C13H16N4OS/c1-9(2)16-12(18)11-6-4-3-5-10(11)7-19-13-14-8-15-17-13/h3-6,8-9H,7H2,1-2H3,(H,16,18)(H,14,15,17). The molecule has 0 bridgehead atoms. The summed E-state index contributed by atoms with van der Waals surface area (Å²) < 4.78 is 0. The van der Waals surface area contributed by atoms with Gasteiger partial charge in [0, 0.05) is 17.4 Å². The molecule has 2 rings (SSSR count). The van der Waals surface area contributed by atoms with E-state index in [9.17, 15) is 4.79 Å². The van der Waals surface area contributed by atoms with Gasteiger partial charge in [0.2, 0.25) is 0 Å². The second-order valence-electron chi connectivity index (χ2n) is 4.36.